The standard InChI is InChI=1S/C14H22F2N4/c1-4-17-13-11(15)8-12(16)14(18-13)20-7-6-19(5-2)10(3)9-20/h8,10H,4-7,9H2,1-3H3,(H,17,18). The zero-order valence-electron chi connectivity index (χ0n) is 12.3. The molecule has 2 rings (SSSR count). The lowest BCUT2D eigenvalue weighted by molar-refractivity contribution is 0.198. The fourth-order valence-electron chi connectivity index (χ4n) is 2.63. The molecule has 0 amide bonds. The van der Waals surface area contributed by atoms with E-state index in [0.717, 1.165) is 19.2 Å². The van der Waals surface area contributed by atoms with Crippen LogP contribution in [0.3, 0.4) is 0 Å². The third-order valence-corrected chi connectivity index (χ3v) is 3.73. The second-order valence-corrected chi connectivity index (χ2v) is 5.08. The van der Waals surface area contributed by atoms with Gasteiger partial charge in [0.15, 0.2) is 23.3 Å². The normalized spacial score (nSPS) is 20.2. The summed E-state index contributed by atoms with van der Waals surface area (Å²) in [5.41, 5.74) is 0. The van der Waals surface area contributed by atoms with Gasteiger partial charge in [-0.05, 0) is 20.4 Å². The molecular weight excluding hydrogens is 262 g/mol. The van der Waals surface area contributed by atoms with E-state index in [2.05, 4.69) is 29.0 Å². The van der Waals surface area contributed by atoms with E-state index in [0.29, 0.717) is 25.7 Å². The predicted molar refractivity (Wildman–Crippen MR) is 77.2 cm³/mol. The number of anilines is 2. The molecule has 1 aromatic rings. The van der Waals surface area contributed by atoms with Gasteiger partial charge in [0.2, 0.25) is 0 Å². The molecule has 1 fully saturated rings. The molecule has 0 saturated carbocycles. The zero-order chi connectivity index (χ0) is 14.7. The van der Waals surface area contributed by atoms with E-state index >= 15 is 0 Å². The number of hydrogen-bond donors (Lipinski definition) is 1. The first kappa shape index (κ1) is 15.0. The highest BCUT2D eigenvalue weighted by Crippen LogP contribution is 2.24. The fraction of sp³-hybridized carbons (Fsp3) is 0.643. The number of pyridine rings is 1. The van der Waals surface area contributed by atoms with Gasteiger partial charge in [-0.2, -0.15) is 0 Å². The van der Waals surface area contributed by atoms with Gasteiger partial charge >= 0.3 is 0 Å². The van der Waals surface area contributed by atoms with Gasteiger partial charge in [0, 0.05) is 38.3 Å². The third-order valence-electron chi connectivity index (χ3n) is 3.73. The highest BCUT2D eigenvalue weighted by Gasteiger charge is 2.26. The maximum Gasteiger partial charge on any atom is 0.168 e. The smallest absolute Gasteiger partial charge is 0.168 e. The molecular formula is C14H22F2N4. The van der Waals surface area contributed by atoms with Crippen molar-refractivity contribution in [2.45, 2.75) is 26.8 Å². The quantitative estimate of drug-likeness (QED) is 0.919. The monoisotopic (exact) mass is 284 g/mol. The van der Waals surface area contributed by atoms with Gasteiger partial charge in [-0.25, -0.2) is 13.8 Å². The first-order chi connectivity index (χ1) is 9.56. The molecule has 1 saturated heterocycles. The van der Waals surface area contributed by atoms with Gasteiger partial charge in [0.25, 0.3) is 0 Å². The van der Waals surface area contributed by atoms with Crippen molar-refractivity contribution < 1.29 is 8.78 Å². The van der Waals surface area contributed by atoms with Crippen LogP contribution in [-0.4, -0.2) is 48.6 Å². The van der Waals surface area contributed by atoms with Gasteiger partial charge < -0.3 is 10.2 Å². The summed E-state index contributed by atoms with van der Waals surface area (Å²) in [5, 5.41) is 2.82. The number of aromatic nitrogens is 1. The lowest BCUT2D eigenvalue weighted by Gasteiger charge is -2.40. The summed E-state index contributed by atoms with van der Waals surface area (Å²) in [6, 6.07) is 1.25. The minimum Gasteiger partial charge on any atom is -0.368 e. The lowest BCUT2D eigenvalue weighted by atomic mass is 10.2. The summed E-state index contributed by atoms with van der Waals surface area (Å²) in [5.74, 6) is -0.880. The SMILES string of the molecule is CCNc1nc(N2CCN(CC)C(C)C2)c(F)cc1F. The van der Waals surface area contributed by atoms with Crippen molar-refractivity contribution >= 4 is 11.6 Å². The van der Waals surface area contributed by atoms with Crippen molar-refractivity contribution in [3.8, 4) is 0 Å². The lowest BCUT2D eigenvalue weighted by Crippen LogP contribution is -2.52. The highest BCUT2D eigenvalue weighted by atomic mass is 19.1. The molecule has 1 unspecified atom stereocenters. The van der Waals surface area contributed by atoms with Crippen LogP contribution in [0.1, 0.15) is 20.8 Å². The predicted octanol–water partition coefficient (Wildman–Crippen LogP) is 2.32. The van der Waals surface area contributed by atoms with Gasteiger partial charge in [-0.1, -0.05) is 6.92 Å². The highest BCUT2D eigenvalue weighted by molar-refractivity contribution is 5.49. The molecule has 1 N–H and O–H groups in total. The Kier molecular flexibility index (Phi) is 4.75. The van der Waals surface area contributed by atoms with Crippen molar-refractivity contribution in [1.82, 2.24) is 9.88 Å². The minimum atomic E-state index is -0.645. The van der Waals surface area contributed by atoms with Crippen LogP contribution >= 0.6 is 0 Å². The first-order valence-corrected chi connectivity index (χ1v) is 7.15. The minimum absolute atomic E-state index is 0.120. The van der Waals surface area contributed by atoms with Crippen molar-refractivity contribution in [2.75, 3.05) is 42.9 Å². The summed E-state index contributed by atoms with van der Waals surface area (Å²) in [6.07, 6.45) is 0. The Morgan fingerprint density at radius 1 is 1.30 bits per heavy atom. The van der Waals surface area contributed by atoms with Crippen LogP contribution in [-0.2, 0) is 0 Å². The molecule has 0 bridgehead atoms. The number of halogens is 2. The average Bonchev–Trinajstić information content (AvgIpc) is 2.42. The molecule has 0 aliphatic carbocycles. The van der Waals surface area contributed by atoms with Crippen molar-refractivity contribution in [3.05, 3.63) is 17.7 Å². The molecule has 0 spiro atoms. The summed E-state index contributed by atoms with van der Waals surface area (Å²) >= 11 is 0. The molecule has 6 heteroatoms. The summed E-state index contributed by atoms with van der Waals surface area (Å²) in [6.45, 7) is 9.90. The van der Waals surface area contributed by atoms with E-state index in [1.165, 1.54) is 0 Å². The fourth-order valence-corrected chi connectivity index (χ4v) is 2.63. The Balaban J connectivity index is 2.22. The number of likely N-dealkylation sites (N-methyl/N-ethyl adjacent to an activating group) is 1. The van der Waals surface area contributed by atoms with Gasteiger partial charge in [-0.15, -0.1) is 0 Å². The van der Waals surface area contributed by atoms with E-state index in [1.807, 2.05) is 11.8 Å². The average molecular weight is 284 g/mol. The van der Waals surface area contributed by atoms with Gasteiger partial charge in [0.1, 0.15) is 0 Å². The first-order valence-electron chi connectivity index (χ1n) is 7.15. The van der Waals surface area contributed by atoms with Crippen LogP contribution in [0.5, 0.6) is 0 Å². The van der Waals surface area contributed by atoms with Crippen LogP contribution in [0.15, 0.2) is 6.07 Å². The second kappa shape index (κ2) is 6.35. The molecule has 4 nitrogen and oxygen atoms in total. The number of nitrogens with zero attached hydrogens (tertiary/aromatic N) is 3. The van der Waals surface area contributed by atoms with Crippen LogP contribution in [0.2, 0.25) is 0 Å². The maximum atomic E-state index is 14.0. The van der Waals surface area contributed by atoms with Crippen LogP contribution in [0.4, 0.5) is 20.4 Å². The molecule has 1 atom stereocenters. The van der Waals surface area contributed by atoms with E-state index in [1.54, 1.807) is 0 Å². The van der Waals surface area contributed by atoms with E-state index in [4.69, 9.17) is 0 Å². The van der Waals surface area contributed by atoms with Crippen LogP contribution in [0, 0.1) is 11.6 Å². The molecule has 112 valence electrons. The van der Waals surface area contributed by atoms with Crippen molar-refractivity contribution in [1.29, 1.82) is 0 Å². The van der Waals surface area contributed by atoms with Crippen LogP contribution < -0.4 is 10.2 Å². The Labute approximate surface area is 118 Å². The van der Waals surface area contributed by atoms with Crippen molar-refractivity contribution in [3.63, 3.8) is 0 Å². The molecule has 0 radical (unpaired) electrons. The van der Waals surface area contributed by atoms with Gasteiger partial charge in [-0.3, -0.25) is 4.90 Å². The summed E-state index contributed by atoms with van der Waals surface area (Å²) < 4.78 is 27.6. The number of hydrogen-bond acceptors (Lipinski definition) is 4. The van der Waals surface area contributed by atoms with Gasteiger partial charge in [0.05, 0.1) is 0 Å². The molecule has 20 heavy (non-hydrogen) atoms. The Bertz CT molecular complexity index is 467. The van der Waals surface area contributed by atoms with E-state index < -0.39 is 11.6 Å². The summed E-state index contributed by atoms with van der Waals surface area (Å²) in [7, 11) is 0. The Morgan fingerprint density at radius 2 is 2.05 bits per heavy atom. The second-order valence-electron chi connectivity index (χ2n) is 5.08. The van der Waals surface area contributed by atoms with Crippen LogP contribution in [0.25, 0.3) is 0 Å². The Morgan fingerprint density at radius 3 is 2.65 bits per heavy atom. The van der Waals surface area contributed by atoms with E-state index in [9.17, 15) is 8.78 Å². The number of rotatable bonds is 4. The van der Waals surface area contributed by atoms with Crippen molar-refractivity contribution in [2.24, 2.45) is 0 Å². The third kappa shape index (κ3) is 3.00. The molecule has 2 heterocycles. The van der Waals surface area contributed by atoms with E-state index in [-0.39, 0.29) is 11.6 Å². The summed E-state index contributed by atoms with van der Waals surface area (Å²) in [4.78, 5) is 8.35. The molecule has 1 aliphatic heterocycles. The largest absolute Gasteiger partial charge is 0.368 e. The topological polar surface area (TPSA) is 31.4 Å². The molecule has 1 aromatic heterocycles. The number of nitrogens with one attached hydrogen (secondary N) is 1. The molecule has 0 aromatic carbocycles. The number of piperazine rings is 1. The zero-order valence-corrected chi connectivity index (χ0v) is 12.3. The molecule has 1 aliphatic rings. The Hall–Kier alpha value is -1.43. The maximum absolute atomic E-state index is 14.0.